The van der Waals surface area contributed by atoms with Gasteiger partial charge in [0.25, 0.3) is 0 Å². The molecule has 0 bridgehead atoms. The van der Waals surface area contributed by atoms with E-state index in [9.17, 15) is 0 Å². The van der Waals surface area contributed by atoms with Crippen LogP contribution in [-0.4, -0.2) is 4.98 Å². The van der Waals surface area contributed by atoms with Crippen LogP contribution in [0.5, 0.6) is 0 Å². The summed E-state index contributed by atoms with van der Waals surface area (Å²) in [4.78, 5) is 3.00. The number of H-pyrrole nitrogens is 1. The van der Waals surface area contributed by atoms with E-state index in [4.69, 9.17) is 5.73 Å². The van der Waals surface area contributed by atoms with Gasteiger partial charge in [0, 0.05) is 18.4 Å². The quantitative estimate of drug-likeness (QED) is 0.583. The summed E-state index contributed by atoms with van der Waals surface area (Å²) in [6.07, 6.45) is 3.90. The van der Waals surface area contributed by atoms with Crippen LogP contribution >= 0.6 is 0 Å². The average molecular weight is 124 g/mol. The van der Waals surface area contributed by atoms with E-state index in [1.54, 1.807) is 0 Å². The van der Waals surface area contributed by atoms with Crippen LogP contribution in [0.4, 0.5) is 0 Å². The average Bonchev–Trinajstić information content (AvgIpc) is 2.13. The van der Waals surface area contributed by atoms with Crippen molar-refractivity contribution in [2.24, 2.45) is 5.73 Å². The summed E-state index contributed by atoms with van der Waals surface area (Å²) in [5, 5.41) is 0. The van der Waals surface area contributed by atoms with Crippen molar-refractivity contribution in [2.75, 3.05) is 0 Å². The largest absolute Gasteiger partial charge is 0.367 e. The normalized spacial score (nSPS) is 13.7. The highest BCUT2D eigenvalue weighted by molar-refractivity contribution is 5.23. The Hall–Kier alpha value is -0.760. The highest BCUT2D eigenvalue weighted by atomic mass is 14.7. The first-order chi connectivity index (χ1) is 4.22. The van der Waals surface area contributed by atoms with E-state index in [1.165, 1.54) is 11.1 Å². The van der Waals surface area contributed by atoms with Crippen molar-refractivity contribution in [1.82, 2.24) is 4.98 Å². The van der Waals surface area contributed by atoms with Crippen molar-refractivity contribution in [2.45, 2.75) is 19.9 Å². The smallest absolute Gasteiger partial charge is 0.0283 e. The number of aromatic amines is 1. The molecule has 1 heterocycles. The highest BCUT2D eigenvalue weighted by Crippen LogP contribution is 2.12. The molecule has 2 heteroatoms. The molecular formula is C7H12N2. The Morgan fingerprint density at radius 1 is 1.56 bits per heavy atom. The van der Waals surface area contributed by atoms with Crippen LogP contribution in [0.1, 0.15) is 24.1 Å². The van der Waals surface area contributed by atoms with Gasteiger partial charge in [0.15, 0.2) is 0 Å². The van der Waals surface area contributed by atoms with E-state index in [0.717, 1.165) is 0 Å². The molecule has 0 spiro atoms. The zero-order valence-electron chi connectivity index (χ0n) is 5.81. The predicted octanol–water partition coefficient (Wildman–Crippen LogP) is 1.34. The summed E-state index contributed by atoms with van der Waals surface area (Å²) in [6, 6.07) is 0.149. The molecule has 0 fully saturated rings. The first kappa shape index (κ1) is 6.36. The molecule has 0 saturated heterocycles. The number of aromatic nitrogens is 1. The molecule has 1 aromatic rings. The number of hydrogen-bond acceptors (Lipinski definition) is 1. The van der Waals surface area contributed by atoms with Crippen LogP contribution in [0.3, 0.4) is 0 Å². The summed E-state index contributed by atoms with van der Waals surface area (Å²) in [6.45, 7) is 4.03. The van der Waals surface area contributed by atoms with Gasteiger partial charge in [-0.1, -0.05) is 0 Å². The molecule has 0 aliphatic carbocycles. The molecule has 2 nitrogen and oxygen atoms in total. The fourth-order valence-electron chi connectivity index (χ4n) is 0.944. The second kappa shape index (κ2) is 2.23. The molecule has 3 N–H and O–H groups in total. The molecule has 0 saturated carbocycles. The van der Waals surface area contributed by atoms with Crippen LogP contribution in [0.25, 0.3) is 0 Å². The minimum atomic E-state index is 0.149. The lowest BCUT2D eigenvalue weighted by molar-refractivity contribution is 0.813. The number of aryl methyl sites for hydroxylation is 1. The maximum atomic E-state index is 5.64. The van der Waals surface area contributed by atoms with E-state index in [2.05, 4.69) is 11.9 Å². The molecule has 50 valence electrons. The van der Waals surface area contributed by atoms with E-state index < -0.39 is 0 Å². The Bertz CT molecular complexity index is 189. The van der Waals surface area contributed by atoms with Crippen LogP contribution < -0.4 is 5.73 Å². The summed E-state index contributed by atoms with van der Waals surface area (Å²) in [7, 11) is 0. The molecule has 1 atom stereocenters. The highest BCUT2D eigenvalue weighted by Gasteiger charge is 2.01. The fourth-order valence-corrected chi connectivity index (χ4v) is 0.944. The molecule has 0 aliphatic rings. The number of nitrogens with two attached hydrogens (primary N) is 1. The Kier molecular flexibility index (Phi) is 1.58. The van der Waals surface area contributed by atoms with Gasteiger partial charge in [-0.15, -0.1) is 0 Å². The molecule has 0 unspecified atom stereocenters. The second-order valence-electron chi connectivity index (χ2n) is 2.38. The van der Waals surface area contributed by atoms with Crippen LogP contribution in [0.15, 0.2) is 12.4 Å². The number of hydrogen-bond donors (Lipinski definition) is 2. The summed E-state index contributed by atoms with van der Waals surface area (Å²) < 4.78 is 0. The number of nitrogens with one attached hydrogen (secondary N) is 1. The van der Waals surface area contributed by atoms with Gasteiger partial charge < -0.3 is 10.7 Å². The Morgan fingerprint density at radius 3 is 2.44 bits per heavy atom. The third-order valence-electron chi connectivity index (χ3n) is 1.48. The maximum absolute atomic E-state index is 5.64. The van der Waals surface area contributed by atoms with Gasteiger partial charge in [-0.3, -0.25) is 0 Å². The van der Waals surface area contributed by atoms with E-state index in [0.29, 0.717) is 0 Å². The Balaban J connectivity index is 2.94. The van der Waals surface area contributed by atoms with E-state index >= 15 is 0 Å². The van der Waals surface area contributed by atoms with Gasteiger partial charge in [-0.05, 0) is 25.0 Å². The van der Waals surface area contributed by atoms with Crippen molar-refractivity contribution >= 4 is 0 Å². The van der Waals surface area contributed by atoms with Gasteiger partial charge in [0.1, 0.15) is 0 Å². The molecule has 0 radical (unpaired) electrons. The molecule has 1 aromatic heterocycles. The minimum Gasteiger partial charge on any atom is -0.367 e. The lowest BCUT2D eigenvalue weighted by Gasteiger charge is -2.01. The molecular weight excluding hydrogens is 112 g/mol. The third-order valence-corrected chi connectivity index (χ3v) is 1.48. The molecule has 0 aromatic carbocycles. The second-order valence-corrected chi connectivity index (χ2v) is 2.38. The van der Waals surface area contributed by atoms with Crippen molar-refractivity contribution in [3.63, 3.8) is 0 Å². The number of rotatable bonds is 1. The van der Waals surface area contributed by atoms with Gasteiger partial charge in [0.05, 0.1) is 0 Å². The van der Waals surface area contributed by atoms with E-state index in [-0.39, 0.29) is 6.04 Å². The standard InChI is InChI=1S/C7H12N2/c1-5-3-9-4-7(5)6(2)8/h3-4,6,9H,8H2,1-2H3/t6-/m1/s1. The lowest BCUT2D eigenvalue weighted by Crippen LogP contribution is -2.04. The Morgan fingerprint density at radius 2 is 2.22 bits per heavy atom. The maximum Gasteiger partial charge on any atom is 0.0283 e. The van der Waals surface area contributed by atoms with Crippen LogP contribution in [0.2, 0.25) is 0 Å². The van der Waals surface area contributed by atoms with Gasteiger partial charge in [-0.2, -0.15) is 0 Å². The Labute approximate surface area is 55.1 Å². The van der Waals surface area contributed by atoms with Crippen molar-refractivity contribution in [3.8, 4) is 0 Å². The van der Waals surface area contributed by atoms with Crippen molar-refractivity contribution in [3.05, 3.63) is 23.5 Å². The minimum absolute atomic E-state index is 0.149. The van der Waals surface area contributed by atoms with Gasteiger partial charge in [-0.25, -0.2) is 0 Å². The first-order valence-corrected chi connectivity index (χ1v) is 3.10. The van der Waals surface area contributed by atoms with E-state index in [1.807, 2.05) is 19.3 Å². The molecule has 1 rings (SSSR count). The van der Waals surface area contributed by atoms with Crippen LogP contribution in [-0.2, 0) is 0 Å². The fraction of sp³-hybridized carbons (Fsp3) is 0.429. The first-order valence-electron chi connectivity index (χ1n) is 3.10. The molecule has 0 aliphatic heterocycles. The SMILES string of the molecule is Cc1c[nH]cc1[C@@H](C)N. The summed E-state index contributed by atoms with van der Waals surface area (Å²) in [5.74, 6) is 0. The molecule has 9 heavy (non-hydrogen) atoms. The summed E-state index contributed by atoms with van der Waals surface area (Å²) >= 11 is 0. The van der Waals surface area contributed by atoms with Gasteiger partial charge >= 0.3 is 0 Å². The monoisotopic (exact) mass is 124 g/mol. The third kappa shape index (κ3) is 1.13. The predicted molar refractivity (Wildman–Crippen MR) is 38.1 cm³/mol. The van der Waals surface area contributed by atoms with Crippen molar-refractivity contribution < 1.29 is 0 Å². The lowest BCUT2D eigenvalue weighted by atomic mass is 10.1. The van der Waals surface area contributed by atoms with Crippen molar-refractivity contribution in [1.29, 1.82) is 0 Å². The van der Waals surface area contributed by atoms with Crippen LogP contribution in [0, 0.1) is 6.92 Å². The summed E-state index contributed by atoms with van der Waals surface area (Å²) in [5.41, 5.74) is 8.08. The van der Waals surface area contributed by atoms with Gasteiger partial charge in [0.2, 0.25) is 0 Å². The topological polar surface area (TPSA) is 41.8 Å². The zero-order valence-corrected chi connectivity index (χ0v) is 5.81. The molecule has 0 amide bonds. The zero-order chi connectivity index (χ0) is 6.85.